The number of nitrogens with zero attached hydrogens (tertiary/aromatic N) is 4. The van der Waals surface area contributed by atoms with E-state index in [-0.39, 0.29) is 23.5 Å². The van der Waals surface area contributed by atoms with E-state index in [1.165, 1.54) is 11.8 Å². The van der Waals surface area contributed by atoms with Gasteiger partial charge in [0.2, 0.25) is 5.91 Å². The molecule has 0 atom stereocenters. The summed E-state index contributed by atoms with van der Waals surface area (Å²) >= 11 is 1.36. The van der Waals surface area contributed by atoms with E-state index in [0.29, 0.717) is 43.0 Å². The zero-order chi connectivity index (χ0) is 23.2. The number of carbonyl (C=O) groups excluding carboxylic acids is 3. The second kappa shape index (κ2) is 10.4. The molecule has 8 nitrogen and oxygen atoms in total. The smallest absolute Gasteiger partial charge is 0.253 e. The molecule has 1 N–H and O–H groups in total. The highest BCUT2D eigenvalue weighted by Crippen LogP contribution is 2.17. The summed E-state index contributed by atoms with van der Waals surface area (Å²) < 4.78 is 1.86. The molecule has 0 aliphatic carbocycles. The monoisotopic (exact) mass is 463 g/mol. The van der Waals surface area contributed by atoms with E-state index < -0.39 is 0 Å². The van der Waals surface area contributed by atoms with Crippen LogP contribution < -0.4 is 5.32 Å². The average Bonchev–Trinajstić information content (AvgIpc) is 3.27. The van der Waals surface area contributed by atoms with Gasteiger partial charge in [-0.2, -0.15) is 0 Å². The second-order valence-corrected chi connectivity index (χ2v) is 8.63. The van der Waals surface area contributed by atoms with Gasteiger partial charge < -0.3 is 19.7 Å². The van der Waals surface area contributed by atoms with Gasteiger partial charge >= 0.3 is 0 Å². The van der Waals surface area contributed by atoms with Gasteiger partial charge in [-0.05, 0) is 36.4 Å². The molecule has 1 aliphatic rings. The number of aromatic nitrogens is 2. The van der Waals surface area contributed by atoms with E-state index in [0.717, 1.165) is 5.16 Å². The topological polar surface area (TPSA) is 87.5 Å². The van der Waals surface area contributed by atoms with Crippen molar-refractivity contribution >= 4 is 35.2 Å². The number of piperazine rings is 1. The number of hydrogen-bond acceptors (Lipinski definition) is 5. The lowest BCUT2D eigenvalue weighted by atomic mass is 10.1. The van der Waals surface area contributed by atoms with E-state index in [1.54, 1.807) is 52.4 Å². The standard InChI is InChI=1S/C24H25N5O3S/c1-27-12-11-25-24(27)33-17-21(30)26-20-9-7-19(8-10-20)23(32)29-15-13-28(14-16-29)22(31)18-5-3-2-4-6-18/h2-12H,13-17H2,1H3,(H,26,30). The van der Waals surface area contributed by atoms with Gasteiger partial charge in [0.05, 0.1) is 5.75 Å². The van der Waals surface area contributed by atoms with Crippen LogP contribution in [0.5, 0.6) is 0 Å². The van der Waals surface area contributed by atoms with Crippen molar-refractivity contribution in [3.8, 4) is 0 Å². The summed E-state index contributed by atoms with van der Waals surface area (Å²) in [5.41, 5.74) is 1.85. The van der Waals surface area contributed by atoms with E-state index in [4.69, 9.17) is 0 Å². The Hall–Kier alpha value is -3.59. The third-order valence-corrected chi connectivity index (χ3v) is 6.46. The predicted octanol–water partition coefficient (Wildman–Crippen LogP) is 2.75. The van der Waals surface area contributed by atoms with Crippen LogP contribution in [0.4, 0.5) is 5.69 Å². The first kappa shape index (κ1) is 22.6. The number of benzene rings is 2. The lowest BCUT2D eigenvalue weighted by Gasteiger charge is -2.35. The molecular weight excluding hydrogens is 438 g/mol. The summed E-state index contributed by atoms with van der Waals surface area (Å²) in [6.07, 6.45) is 3.52. The number of imidazole rings is 1. The summed E-state index contributed by atoms with van der Waals surface area (Å²) in [5, 5.41) is 3.61. The molecule has 33 heavy (non-hydrogen) atoms. The molecule has 4 rings (SSSR count). The van der Waals surface area contributed by atoms with Crippen molar-refractivity contribution < 1.29 is 14.4 Å². The highest BCUT2D eigenvalue weighted by atomic mass is 32.2. The van der Waals surface area contributed by atoms with Crippen molar-refractivity contribution in [2.24, 2.45) is 7.05 Å². The van der Waals surface area contributed by atoms with Gasteiger partial charge in [0.15, 0.2) is 5.16 Å². The van der Waals surface area contributed by atoms with Gasteiger partial charge in [-0.1, -0.05) is 30.0 Å². The maximum absolute atomic E-state index is 12.9. The molecule has 0 bridgehead atoms. The molecule has 0 radical (unpaired) electrons. The van der Waals surface area contributed by atoms with Crippen molar-refractivity contribution in [2.75, 3.05) is 37.2 Å². The molecule has 3 amide bonds. The van der Waals surface area contributed by atoms with Crippen LogP contribution in [0.3, 0.4) is 0 Å². The Bertz CT molecular complexity index is 1120. The third-order valence-electron chi connectivity index (χ3n) is 5.40. The summed E-state index contributed by atoms with van der Waals surface area (Å²) in [4.78, 5) is 45.4. The van der Waals surface area contributed by atoms with Gasteiger partial charge in [0, 0.05) is 62.4 Å². The Kier molecular flexibility index (Phi) is 7.09. The molecule has 1 aliphatic heterocycles. The van der Waals surface area contributed by atoms with Gasteiger partial charge in [0.25, 0.3) is 11.8 Å². The fraction of sp³-hybridized carbons (Fsp3) is 0.250. The van der Waals surface area contributed by atoms with E-state index >= 15 is 0 Å². The highest BCUT2D eigenvalue weighted by molar-refractivity contribution is 7.99. The molecule has 1 fully saturated rings. The van der Waals surface area contributed by atoms with Crippen LogP contribution in [0.25, 0.3) is 0 Å². The van der Waals surface area contributed by atoms with Crippen molar-refractivity contribution in [3.05, 3.63) is 78.1 Å². The van der Waals surface area contributed by atoms with Crippen molar-refractivity contribution in [1.82, 2.24) is 19.4 Å². The summed E-state index contributed by atoms with van der Waals surface area (Å²) in [6.45, 7) is 1.98. The number of carbonyl (C=O) groups is 3. The molecule has 1 saturated heterocycles. The Morgan fingerprint density at radius 1 is 0.879 bits per heavy atom. The zero-order valence-corrected chi connectivity index (χ0v) is 19.1. The lowest BCUT2D eigenvalue weighted by Crippen LogP contribution is -2.50. The van der Waals surface area contributed by atoms with Crippen LogP contribution in [-0.2, 0) is 11.8 Å². The normalized spacial score (nSPS) is 13.6. The Balaban J connectivity index is 1.26. The molecule has 0 saturated carbocycles. The molecule has 0 spiro atoms. The lowest BCUT2D eigenvalue weighted by molar-refractivity contribution is -0.113. The first-order valence-electron chi connectivity index (χ1n) is 10.6. The van der Waals surface area contributed by atoms with Crippen molar-refractivity contribution in [2.45, 2.75) is 5.16 Å². The third kappa shape index (κ3) is 5.61. The van der Waals surface area contributed by atoms with Crippen LogP contribution in [-0.4, -0.2) is 69.0 Å². The first-order valence-corrected chi connectivity index (χ1v) is 11.6. The Morgan fingerprint density at radius 2 is 1.45 bits per heavy atom. The van der Waals surface area contributed by atoms with E-state index in [2.05, 4.69) is 10.3 Å². The number of anilines is 1. The highest BCUT2D eigenvalue weighted by Gasteiger charge is 2.25. The van der Waals surface area contributed by atoms with Crippen LogP contribution >= 0.6 is 11.8 Å². The Labute approximate surface area is 196 Å². The van der Waals surface area contributed by atoms with E-state index in [1.807, 2.05) is 36.0 Å². The number of aryl methyl sites for hydroxylation is 1. The molecule has 3 aromatic rings. The van der Waals surface area contributed by atoms with Gasteiger partial charge in [-0.3, -0.25) is 14.4 Å². The van der Waals surface area contributed by atoms with Gasteiger partial charge in [-0.25, -0.2) is 4.98 Å². The largest absolute Gasteiger partial charge is 0.335 e. The van der Waals surface area contributed by atoms with Crippen molar-refractivity contribution in [3.63, 3.8) is 0 Å². The molecule has 9 heteroatoms. The maximum Gasteiger partial charge on any atom is 0.253 e. The minimum absolute atomic E-state index is 0.0103. The van der Waals surface area contributed by atoms with Crippen LogP contribution in [0.1, 0.15) is 20.7 Å². The van der Waals surface area contributed by atoms with Gasteiger partial charge in [-0.15, -0.1) is 0 Å². The number of thioether (sulfide) groups is 1. The van der Waals surface area contributed by atoms with Crippen molar-refractivity contribution in [1.29, 1.82) is 0 Å². The van der Waals surface area contributed by atoms with E-state index in [9.17, 15) is 14.4 Å². The van der Waals surface area contributed by atoms with Crippen LogP contribution in [0.15, 0.2) is 72.1 Å². The molecule has 0 unspecified atom stereocenters. The maximum atomic E-state index is 12.9. The van der Waals surface area contributed by atoms with Crippen LogP contribution in [0, 0.1) is 0 Å². The number of rotatable bonds is 6. The van der Waals surface area contributed by atoms with Crippen LogP contribution in [0.2, 0.25) is 0 Å². The first-order chi connectivity index (χ1) is 16.0. The fourth-order valence-corrected chi connectivity index (χ4v) is 4.31. The summed E-state index contributed by atoms with van der Waals surface area (Å²) in [6, 6.07) is 16.1. The Morgan fingerprint density at radius 3 is 2.00 bits per heavy atom. The molecule has 170 valence electrons. The predicted molar refractivity (Wildman–Crippen MR) is 127 cm³/mol. The minimum atomic E-state index is -0.138. The minimum Gasteiger partial charge on any atom is -0.335 e. The number of nitrogens with one attached hydrogen (secondary N) is 1. The molecule has 1 aromatic heterocycles. The number of hydrogen-bond donors (Lipinski definition) is 1. The molecular formula is C24H25N5O3S. The average molecular weight is 464 g/mol. The second-order valence-electron chi connectivity index (χ2n) is 7.69. The quantitative estimate of drug-likeness (QED) is 0.568. The molecule has 2 aromatic carbocycles. The fourth-order valence-electron chi connectivity index (χ4n) is 3.57. The zero-order valence-electron chi connectivity index (χ0n) is 18.3. The number of amides is 3. The molecule has 2 heterocycles. The SMILES string of the molecule is Cn1ccnc1SCC(=O)Nc1ccc(C(=O)N2CCN(C(=O)c3ccccc3)CC2)cc1. The summed E-state index contributed by atoms with van der Waals surface area (Å²) in [5.74, 6) is 0.0208. The van der Waals surface area contributed by atoms with Gasteiger partial charge in [0.1, 0.15) is 0 Å². The summed E-state index contributed by atoms with van der Waals surface area (Å²) in [7, 11) is 1.88.